The van der Waals surface area contributed by atoms with Crippen molar-refractivity contribution in [2.45, 2.75) is 6.92 Å². The maximum absolute atomic E-state index is 13.8. The van der Waals surface area contributed by atoms with Crippen LogP contribution < -0.4 is 10.6 Å². The van der Waals surface area contributed by atoms with Crippen LogP contribution >= 0.6 is 0 Å². The number of rotatable bonds is 3. The summed E-state index contributed by atoms with van der Waals surface area (Å²) in [6.07, 6.45) is 0. The van der Waals surface area contributed by atoms with Gasteiger partial charge in [-0.1, -0.05) is 18.2 Å². The minimum Gasteiger partial charge on any atom is -0.355 e. The van der Waals surface area contributed by atoms with Crippen molar-refractivity contribution in [2.24, 2.45) is 0 Å². The molecule has 0 bridgehead atoms. The van der Waals surface area contributed by atoms with E-state index in [-0.39, 0.29) is 11.5 Å². The molecule has 108 valence electrons. The van der Waals surface area contributed by atoms with Crippen LogP contribution in [0.1, 0.15) is 26.3 Å². The first-order valence-electron chi connectivity index (χ1n) is 6.41. The fraction of sp³-hybridized carbons (Fsp3) is 0.125. The number of carbonyl (C=O) groups excluding carboxylic acids is 2. The van der Waals surface area contributed by atoms with E-state index in [1.54, 1.807) is 37.3 Å². The molecule has 2 aromatic rings. The molecule has 2 aromatic carbocycles. The molecule has 0 radical (unpaired) electrons. The zero-order valence-electron chi connectivity index (χ0n) is 11.7. The minimum absolute atomic E-state index is 0.0627. The van der Waals surface area contributed by atoms with E-state index >= 15 is 0 Å². The molecule has 0 spiro atoms. The number of benzene rings is 2. The van der Waals surface area contributed by atoms with E-state index < -0.39 is 11.7 Å². The third-order valence-corrected chi connectivity index (χ3v) is 3.02. The van der Waals surface area contributed by atoms with Crippen molar-refractivity contribution in [2.75, 3.05) is 12.4 Å². The van der Waals surface area contributed by atoms with Crippen molar-refractivity contribution in [1.82, 2.24) is 5.32 Å². The third kappa shape index (κ3) is 3.25. The maximum atomic E-state index is 13.8. The smallest absolute Gasteiger partial charge is 0.258 e. The van der Waals surface area contributed by atoms with Gasteiger partial charge >= 0.3 is 0 Å². The van der Waals surface area contributed by atoms with Gasteiger partial charge in [-0.15, -0.1) is 0 Å². The molecule has 0 saturated heterocycles. The zero-order valence-corrected chi connectivity index (χ0v) is 11.7. The van der Waals surface area contributed by atoms with E-state index in [9.17, 15) is 14.0 Å². The van der Waals surface area contributed by atoms with Crippen molar-refractivity contribution in [3.8, 4) is 0 Å². The van der Waals surface area contributed by atoms with Gasteiger partial charge in [-0.05, 0) is 36.8 Å². The lowest BCUT2D eigenvalue weighted by atomic mass is 10.1. The highest BCUT2D eigenvalue weighted by Gasteiger charge is 2.15. The Balaban J connectivity index is 2.30. The standard InChI is InChI=1S/C16H15FN2O2/c1-10-7-8-11(13(17)9-10)16(21)19-14-6-4-3-5-12(14)15(20)18-2/h3-9H,1-2H3,(H,18,20)(H,19,21). The van der Waals surface area contributed by atoms with Crippen LogP contribution in [-0.4, -0.2) is 18.9 Å². The monoisotopic (exact) mass is 286 g/mol. The summed E-state index contributed by atoms with van der Waals surface area (Å²) in [5.41, 5.74) is 1.32. The summed E-state index contributed by atoms with van der Waals surface area (Å²) in [4.78, 5) is 23.9. The van der Waals surface area contributed by atoms with Gasteiger partial charge in [0.05, 0.1) is 16.8 Å². The Morgan fingerprint density at radius 1 is 1.00 bits per heavy atom. The summed E-state index contributed by atoms with van der Waals surface area (Å²) < 4.78 is 13.8. The first-order valence-corrected chi connectivity index (χ1v) is 6.41. The molecule has 0 heterocycles. The summed E-state index contributed by atoms with van der Waals surface area (Å²) in [5.74, 6) is -1.51. The maximum Gasteiger partial charge on any atom is 0.258 e. The molecule has 0 fully saturated rings. The van der Waals surface area contributed by atoms with Crippen molar-refractivity contribution >= 4 is 17.5 Å². The second-order valence-corrected chi connectivity index (χ2v) is 4.56. The van der Waals surface area contributed by atoms with Gasteiger partial charge in [-0.3, -0.25) is 9.59 Å². The molecule has 5 heteroatoms. The van der Waals surface area contributed by atoms with Crippen LogP contribution in [0.4, 0.5) is 10.1 Å². The molecule has 2 N–H and O–H groups in total. The van der Waals surface area contributed by atoms with Gasteiger partial charge in [-0.2, -0.15) is 0 Å². The highest BCUT2D eigenvalue weighted by atomic mass is 19.1. The predicted octanol–water partition coefficient (Wildman–Crippen LogP) is 2.75. The van der Waals surface area contributed by atoms with E-state index in [1.807, 2.05) is 0 Å². The molecular formula is C16H15FN2O2. The molecule has 4 nitrogen and oxygen atoms in total. The average Bonchev–Trinajstić information content (AvgIpc) is 2.46. The molecule has 0 saturated carbocycles. The van der Waals surface area contributed by atoms with Gasteiger partial charge in [0.15, 0.2) is 0 Å². The molecule has 0 unspecified atom stereocenters. The Morgan fingerprint density at radius 3 is 2.38 bits per heavy atom. The van der Waals surface area contributed by atoms with Gasteiger partial charge < -0.3 is 10.6 Å². The number of nitrogens with one attached hydrogen (secondary N) is 2. The summed E-state index contributed by atoms with van der Waals surface area (Å²) in [5, 5.41) is 5.05. The quantitative estimate of drug-likeness (QED) is 0.911. The number of anilines is 1. The van der Waals surface area contributed by atoms with Gasteiger partial charge in [0, 0.05) is 7.05 Å². The highest BCUT2D eigenvalue weighted by Crippen LogP contribution is 2.17. The molecule has 2 rings (SSSR count). The third-order valence-electron chi connectivity index (χ3n) is 3.02. The first-order chi connectivity index (χ1) is 10.0. The molecule has 21 heavy (non-hydrogen) atoms. The number of aryl methyl sites for hydroxylation is 1. The Morgan fingerprint density at radius 2 is 1.71 bits per heavy atom. The van der Waals surface area contributed by atoms with E-state index in [1.165, 1.54) is 19.2 Å². The molecule has 0 aliphatic rings. The molecule has 0 atom stereocenters. The molecular weight excluding hydrogens is 271 g/mol. The Kier molecular flexibility index (Phi) is 4.33. The van der Waals surface area contributed by atoms with Gasteiger partial charge in [0.1, 0.15) is 5.82 Å². The average molecular weight is 286 g/mol. The van der Waals surface area contributed by atoms with Crippen molar-refractivity contribution < 1.29 is 14.0 Å². The second-order valence-electron chi connectivity index (χ2n) is 4.56. The van der Waals surface area contributed by atoms with E-state index in [4.69, 9.17) is 0 Å². The highest BCUT2D eigenvalue weighted by molar-refractivity contribution is 6.09. The molecule has 0 aliphatic carbocycles. The normalized spacial score (nSPS) is 10.0. The number of hydrogen-bond donors (Lipinski definition) is 2. The van der Waals surface area contributed by atoms with Gasteiger partial charge in [0.25, 0.3) is 11.8 Å². The zero-order chi connectivity index (χ0) is 15.4. The lowest BCUT2D eigenvalue weighted by Crippen LogP contribution is -2.21. The fourth-order valence-corrected chi connectivity index (χ4v) is 1.92. The predicted molar refractivity (Wildman–Crippen MR) is 78.9 cm³/mol. The SMILES string of the molecule is CNC(=O)c1ccccc1NC(=O)c1ccc(C)cc1F. The lowest BCUT2D eigenvalue weighted by Gasteiger charge is -2.10. The largest absolute Gasteiger partial charge is 0.355 e. The van der Waals surface area contributed by atoms with Crippen LogP contribution in [-0.2, 0) is 0 Å². The van der Waals surface area contributed by atoms with E-state index in [0.717, 1.165) is 5.56 Å². The van der Waals surface area contributed by atoms with Crippen LogP contribution in [0.5, 0.6) is 0 Å². The van der Waals surface area contributed by atoms with Crippen LogP contribution in [0.15, 0.2) is 42.5 Å². The Hall–Kier alpha value is -2.69. The number of carbonyl (C=O) groups is 2. The van der Waals surface area contributed by atoms with E-state index in [0.29, 0.717) is 11.3 Å². The van der Waals surface area contributed by atoms with Crippen LogP contribution in [0, 0.1) is 12.7 Å². The molecule has 0 aliphatic heterocycles. The van der Waals surface area contributed by atoms with Gasteiger partial charge in [-0.25, -0.2) is 4.39 Å². The molecule has 2 amide bonds. The Bertz CT molecular complexity index is 698. The lowest BCUT2D eigenvalue weighted by molar-refractivity contribution is 0.0964. The first kappa shape index (κ1) is 14.7. The van der Waals surface area contributed by atoms with Crippen LogP contribution in [0.3, 0.4) is 0 Å². The van der Waals surface area contributed by atoms with Crippen molar-refractivity contribution in [3.63, 3.8) is 0 Å². The number of halogens is 1. The van der Waals surface area contributed by atoms with Crippen molar-refractivity contribution in [1.29, 1.82) is 0 Å². The summed E-state index contributed by atoms with van der Waals surface area (Å²) in [6, 6.07) is 10.9. The Labute approximate surface area is 122 Å². The van der Waals surface area contributed by atoms with Gasteiger partial charge in [0.2, 0.25) is 0 Å². The topological polar surface area (TPSA) is 58.2 Å². The number of para-hydroxylation sites is 1. The number of hydrogen-bond acceptors (Lipinski definition) is 2. The summed E-state index contributed by atoms with van der Waals surface area (Å²) in [6.45, 7) is 1.74. The minimum atomic E-state index is -0.594. The van der Waals surface area contributed by atoms with Crippen LogP contribution in [0.25, 0.3) is 0 Å². The number of amides is 2. The van der Waals surface area contributed by atoms with Crippen molar-refractivity contribution in [3.05, 3.63) is 65.0 Å². The summed E-state index contributed by atoms with van der Waals surface area (Å²) in [7, 11) is 1.50. The fourth-order valence-electron chi connectivity index (χ4n) is 1.92. The van der Waals surface area contributed by atoms with E-state index in [2.05, 4.69) is 10.6 Å². The van der Waals surface area contributed by atoms with Crippen LogP contribution in [0.2, 0.25) is 0 Å². The molecule has 0 aromatic heterocycles. The second kappa shape index (κ2) is 6.17. The summed E-state index contributed by atoms with van der Waals surface area (Å²) >= 11 is 0.